The molecule has 0 bridgehead atoms. The van der Waals surface area contributed by atoms with E-state index in [0.29, 0.717) is 0 Å². The number of hydrogen-bond acceptors (Lipinski definition) is 2. The summed E-state index contributed by atoms with van der Waals surface area (Å²) in [5.74, 6) is -0.229. The number of aromatic nitrogens is 1. The van der Waals surface area contributed by atoms with Crippen molar-refractivity contribution < 1.29 is 4.39 Å². The molecule has 2 heterocycles. The summed E-state index contributed by atoms with van der Waals surface area (Å²) in [6.45, 7) is 2.20. The average Bonchev–Trinajstić information content (AvgIpc) is 3.80. The minimum absolute atomic E-state index is 0.229. The Kier molecular flexibility index (Phi) is 7.80. The number of hydrogen-bond donors (Lipinski definition) is 0. The van der Waals surface area contributed by atoms with Gasteiger partial charge in [-0.3, -0.25) is 0 Å². The normalized spacial score (nSPS) is 11.7. The maximum Gasteiger partial charge on any atom is 0.123 e. The van der Waals surface area contributed by atoms with Gasteiger partial charge in [-0.2, -0.15) is 0 Å². The van der Waals surface area contributed by atoms with Crippen LogP contribution in [0.2, 0.25) is 0 Å². The molecule has 11 aromatic rings. The number of fused-ring (bicyclic) bond motifs is 7. The lowest BCUT2D eigenvalue weighted by Crippen LogP contribution is -2.11. The third-order valence-electron chi connectivity index (χ3n) is 11.4. The smallest absolute Gasteiger partial charge is 0.123 e. The highest BCUT2D eigenvalue weighted by Gasteiger charge is 2.19. The second-order valence-corrected chi connectivity index (χ2v) is 15.8. The quantitative estimate of drug-likeness (QED) is 0.164. The highest BCUT2D eigenvalue weighted by atomic mass is 32.1. The minimum atomic E-state index is -0.229. The topological polar surface area (TPSA) is 8.17 Å². The zero-order valence-electron chi connectivity index (χ0n) is 31.2. The first kappa shape index (κ1) is 33.3. The van der Waals surface area contributed by atoms with Crippen molar-refractivity contribution in [1.82, 2.24) is 4.57 Å². The molecule has 4 heteroatoms. The van der Waals surface area contributed by atoms with E-state index in [2.05, 4.69) is 180 Å². The fourth-order valence-corrected chi connectivity index (χ4v) is 9.98. The molecule has 57 heavy (non-hydrogen) atoms. The lowest BCUT2D eigenvalue weighted by molar-refractivity contribution is 0.629. The van der Waals surface area contributed by atoms with Crippen LogP contribution in [0.3, 0.4) is 0 Å². The second kappa shape index (κ2) is 13.3. The fraction of sp³-hybridized carbons (Fsp3) is 0.0189. The third kappa shape index (κ3) is 5.52. The van der Waals surface area contributed by atoms with Crippen molar-refractivity contribution in [3.63, 3.8) is 0 Å². The van der Waals surface area contributed by atoms with Gasteiger partial charge in [0.2, 0.25) is 0 Å². The van der Waals surface area contributed by atoms with Crippen LogP contribution in [0.5, 0.6) is 0 Å². The van der Waals surface area contributed by atoms with Gasteiger partial charge in [0.1, 0.15) is 5.82 Å². The maximum atomic E-state index is 14.4. The van der Waals surface area contributed by atoms with Gasteiger partial charge in [0, 0.05) is 53.4 Å². The lowest BCUT2D eigenvalue weighted by Gasteiger charge is -2.28. The summed E-state index contributed by atoms with van der Waals surface area (Å²) in [6, 6.07) is 68.3. The summed E-state index contributed by atoms with van der Waals surface area (Å²) < 4.78 is 19.3. The molecule has 0 atom stereocenters. The van der Waals surface area contributed by atoms with E-state index >= 15 is 0 Å². The van der Waals surface area contributed by atoms with Crippen LogP contribution in [0.25, 0.3) is 80.7 Å². The van der Waals surface area contributed by atoms with Crippen LogP contribution in [0, 0.1) is 12.7 Å². The van der Waals surface area contributed by atoms with Gasteiger partial charge >= 0.3 is 0 Å². The number of benzene rings is 9. The van der Waals surface area contributed by atoms with E-state index in [0.717, 1.165) is 55.7 Å². The van der Waals surface area contributed by atoms with Gasteiger partial charge in [-0.05, 0) is 113 Å². The highest BCUT2D eigenvalue weighted by molar-refractivity contribution is 7.26. The fourth-order valence-electron chi connectivity index (χ4n) is 8.74. The molecule has 0 saturated carbocycles. The number of rotatable bonds is 6. The first-order valence-electron chi connectivity index (χ1n) is 19.3. The van der Waals surface area contributed by atoms with Crippen LogP contribution in [0.1, 0.15) is 5.56 Å². The van der Waals surface area contributed by atoms with Gasteiger partial charge in [0.15, 0.2) is 0 Å². The van der Waals surface area contributed by atoms with Gasteiger partial charge in [-0.25, -0.2) is 4.39 Å². The maximum absolute atomic E-state index is 14.4. The first-order valence-corrected chi connectivity index (χ1v) is 20.1. The van der Waals surface area contributed by atoms with E-state index in [-0.39, 0.29) is 5.82 Å². The molecule has 2 nitrogen and oxygen atoms in total. The predicted molar refractivity (Wildman–Crippen MR) is 241 cm³/mol. The van der Waals surface area contributed by atoms with E-state index < -0.39 is 0 Å². The summed E-state index contributed by atoms with van der Waals surface area (Å²) in [5, 5.41) is 6.96. The Morgan fingerprint density at radius 1 is 0.474 bits per heavy atom. The Morgan fingerprint density at radius 2 is 1.18 bits per heavy atom. The van der Waals surface area contributed by atoms with Crippen LogP contribution in [0.15, 0.2) is 194 Å². The molecule has 9 aromatic carbocycles. The molecular formula is C53H35FN2S. The van der Waals surface area contributed by atoms with Crippen molar-refractivity contribution in [1.29, 1.82) is 0 Å². The van der Waals surface area contributed by atoms with Crippen molar-refractivity contribution in [2.75, 3.05) is 4.90 Å². The summed E-state index contributed by atoms with van der Waals surface area (Å²) >= 11 is 1.87. The molecule has 11 rings (SSSR count). The summed E-state index contributed by atoms with van der Waals surface area (Å²) in [5.41, 5.74) is 12.3. The van der Waals surface area contributed by atoms with E-state index in [9.17, 15) is 4.39 Å². The third-order valence-corrected chi connectivity index (χ3v) is 12.6. The molecule has 0 saturated heterocycles. The van der Waals surface area contributed by atoms with E-state index in [1.54, 1.807) is 12.1 Å². The standard InChI is InChI=1S/C53H35FN2S/c1-34-31-41(28-29-42(34)37-13-8-14-40(32-37)56-50-20-6-4-16-45(50)48-33-38(54)25-30-51(48)56)55(49-21-9-12-35-11-2-3-15-43(35)49)39-26-23-36(24-27-39)44-18-10-19-47-46-17-5-7-22-52(46)57-53(44)47/h2-33H,1H3. The van der Waals surface area contributed by atoms with E-state index in [1.807, 2.05) is 29.5 Å². The second-order valence-electron chi connectivity index (χ2n) is 14.7. The van der Waals surface area contributed by atoms with Crippen molar-refractivity contribution in [3.8, 4) is 27.9 Å². The molecule has 270 valence electrons. The molecule has 0 fully saturated rings. The molecule has 0 N–H and O–H groups in total. The number of para-hydroxylation sites is 1. The molecule has 0 unspecified atom stereocenters. The Labute approximate surface area is 333 Å². The van der Waals surface area contributed by atoms with Gasteiger partial charge in [0.05, 0.1) is 16.7 Å². The first-order chi connectivity index (χ1) is 28.1. The molecule has 0 aliphatic carbocycles. The van der Waals surface area contributed by atoms with Crippen molar-refractivity contribution >= 4 is 81.1 Å². The monoisotopic (exact) mass is 750 g/mol. The molecule has 0 radical (unpaired) electrons. The Bertz CT molecular complexity index is 3330. The average molecular weight is 751 g/mol. The summed E-state index contributed by atoms with van der Waals surface area (Å²) in [4.78, 5) is 2.39. The summed E-state index contributed by atoms with van der Waals surface area (Å²) in [7, 11) is 0. The molecule has 0 spiro atoms. The van der Waals surface area contributed by atoms with Crippen LogP contribution < -0.4 is 4.90 Å². The molecular weight excluding hydrogens is 716 g/mol. The molecule has 0 aliphatic rings. The van der Waals surface area contributed by atoms with Crippen molar-refractivity contribution in [3.05, 3.63) is 206 Å². The zero-order valence-corrected chi connectivity index (χ0v) is 32.0. The highest BCUT2D eigenvalue weighted by Crippen LogP contribution is 2.44. The molecule has 0 amide bonds. The van der Waals surface area contributed by atoms with E-state index in [4.69, 9.17) is 0 Å². The number of halogens is 1. The minimum Gasteiger partial charge on any atom is -0.310 e. The SMILES string of the molecule is Cc1cc(N(c2ccc(-c3cccc4c3sc3ccccc34)cc2)c2cccc3ccccc23)ccc1-c1cccc(-n2c3ccccc3c3cc(F)ccc32)c1. The van der Waals surface area contributed by atoms with Gasteiger partial charge in [-0.1, -0.05) is 121 Å². The van der Waals surface area contributed by atoms with Crippen molar-refractivity contribution in [2.24, 2.45) is 0 Å². The lowest BCUT2D eigenvalue weighted by atomic mass is 9.98. The van der Waals surface area contributed by atoms with Gasteiger partial charge in [-0.15, -0.1) is 11.3 Å². The van der Waals surface area contributed by atoms with Crippen LogP contribution >= 0.6 is 11.3 Å². The van der Waals surface area contributed by atoms with E-state index in [1.165, 1.54) is 47.6 Å². The van der Waals surface area contributed by atoms with Gasteiger partial charge < -0.3 is 9.47 Å². The number of aryl methyl sites for hydroxylation is 1. The Hall–Kier alpha value is -7.01. The molecule has 0 aliphatic heterocycles. The molecule has 2 aromatic heterocycles. The number of nitrogens with zero attached hydrogens (tertiary/aromatic N) is 2. The van der Waals surface area contributed by atoms with Crippen LogP contribution in [-0.4, -0.2) is 4.57 Å². The largest absolute Gasteiger partial charge is 0.310 e. The predicted octanol–water partition coefficient (Wildman–Crippen LogP) is 15.6. The Balaban J connectivity index is 1.02. The number of anilines is 3. The number of thiophene rings is 1. The zero-order chi connectivity index (χ0) is 38.0. The summed E-state index contributed by atoms with van der Waals surface area (Å²) in [6.07, 6.45) is 0. The van der Waals surface area contributed by atoms with Gasteiger partial charge in [0.25, 0.3) is 0 Å². The van der Waals surface area contributed by atoms with Crippen molar-refractivity contribution in [2.45, 2.75) is 6.92 Å². The van der Waals surface area contributed by atoms with Crippen LogP contribution in [0.4, 0.5) is 21.5 Å². The Morgan fingerprint density at radius 3 is 2.05 bits per heavy atom. The van der Waals surface area contributed by atoms with Crippen LogP contribution in [-0.2, 0) is 0 Å².